The zero-order valence-corrected chi connectivity index (χ0v) is 13.9. The number of carbonyl (C=O) groups excluding carboxylic acids is 1. The molecule has 0 aromatic carbocycles. The molecule has 124 valence electrons. The second-order valence-corrected chi connectivity index (χ2v) is 5.23. The highest BCUT2D eigenvalue weighted by molar-refractivity contribution is 5.88. The molecular weight excluding hydrogens is 270 g/mol. The zero-order valence-electron chi connectivity index (χ0n) is 13.9. The summed E-state index contributed by atoms with van der Waals surface area (Å²) in [6.07, 6.45) is 6.28. The van der Waals surface area contributed by atoms with Gasteiger partial charge in [-0.25, -0.2) is 4.79 Å². The van der Waals surface area contributed by atoms with E-state index in [9.17, 15) is 14.7 Å². The minimum Gasteiger partial charge on any atom is -0.545 e. The van der Waals surface area contributed by atoms with Gasteiger partial charge in [0.05, 0.1) is 32.1 Å². The second-order valence-electron chi connectivity index (χ2n) is 5.23. The van der Waals surface area contributed by atoms with Gasteiger partial charge in [0.1, 0.15) is 0 Å². The summed E-state index contributed by atoms with van der Waals surface area (Å²) in [4.78, 5) is 19.0. The van der Waals surface area contributed by atoms with E-state index in [2.05, 4.69) is 27.7 Å². The number of aliphatic carboxylic acids is 2. The van der Waals surface area contributed by atoms with Crippen molar-refractivity contribution >= 4 is 11.9 Å². The molecule has 0 heterocycles. The summed E-state index contributed by atoms with van der Waals surface area (Å²) < 4.78 is 1.38. The first-order valence-corrected chi connectivity index (χ1v) is 7.84. The summed E-state index contributed by atoms with van der Waals surface area (Å²) in [6.45, 7) is 14.8. The molecule has 0 aromatic rings. The Balaban J connectivity index is 0. The highest BCUT2D eigenvalue weighted by Gasteiger charge is 2.22. The highest BCUT2D eigenvalue weighted by Crippen LogP contribution is 2.12. The van der Waals surface area contributed by atoms with Crippen LogP contribution in [0.25, 0.3) is 0 Å². The summed E-state index contributed by atoms with van der Waals surface area (Å²) in [5.74, 6) is -2.80. The van der Waals surface area contributed by atoms with Crippen molar-refractivity contribution < 1.29 is 24.3 Å². The largest absolute Gasteiger partial charge is 0.545 e. The number of rotatable bonds is 10. The van der Waals surface area contributed by atoms with E-state index in [1.165, 1.54) is 56.3 Å². The maximum Gasteiger partial charge on any atom is 0.328 e. The molecule has 0 unspecified atom stereocenters. The molecule has 0 amide bonds. The van der Waals surface area contributed by atoms with Crippen LogP contribution in [0.5, 0.6) is 0 Å². The fourth-order valence-corrected chi connectivity index (χ4v) is 2.71. The first kappa shape index (κ1) is 21.9. The van der Waals surface area contributed by atoms with Gasteiger partial charge in [-0.1, -0.05) is 27.7 Å². The van der Waals surface area contributed by atoms with E-state index in [0.29, 0.717) is 12.2 Å². The Bertz CT molecular complexity index is 268. The lowest BCUT2D eigenvalue weighted by molar-refractivity contribution is -0.928. The normalized spacial score (nSPS) is 11.0. The molecule has 0 bridgehead atoms. The van der Waals surface area contributed by atoms with Crippen LogP contribution in [-0.2, 0) is 9.59 Å². The maximum absolute atomic E-state index is 9.53. The fourth-order valence-electron chi connectivity index (χ4n) is 2.71. The van der Waals surface area contributed by atoms with E-state index in [4.69, 9.17) is 5.11 Å². The van der Waals surface area contributed by atoms with Gasteiger partial charge in [-0.3, -0.25) is 0 Å². The van der Waals surface area contributed by atoms with Crippen molar-refractivity contribution in [1.82, 2.24) is 0 Å². The third-order valence-corrected chi connectivity index (χ3v) is 3.15. The monoisotopic (exact) mass is 301 g/mol. The van der Waals surface area contributed by atoms with Gasteiger partial charge in [0, 0.05) is 6.08 Å². The minimum atomic E-state index is -1.51. The molecule has 0 aliphatic carbocycles. The number of hydrogen-bond donors (Lipinski definition) is 1. The molecule has 0 rings (SSSR count). The molecule has 0 saturated heterocycles. The van der Waals surface area contributed by atoms with Gasteiger partial charge in [-0.15, -0.1) is 0 Å². The lowest BCUT2D eigenvalue weighted by Crippen LogP contribution is -2.50. The van der Waals surface area contributed by atoms with Crippen LogP contribution in [0.15, 0.2) is 12.2 Å². The number of nitrogens with zero attached hydrogens (tertiary/aromatic N) is 1. The second kappa shape index (κ2) is 13.6. The molecule has 0 saturated carbocycles. The van der Waals surface area contributed by atoms with Gasteiger partial charge in [-0.2, -0.15) is 0 Å². The van der Waals surface area contributed by atoms with Gasteiger partial charge >= 0.3 is 5.97 Å². The predicted octanol–water partition coefficient (Wildman–Crippen LogP) is 1.82. The SMILES string of the molecule is CCC[N+](CCC)(CCC)CCC.O=C([O-])C=CC(=O)O. The number of carbonyl (C=O) groups is 2. The lowest BCUT2D eigenvalue weighted by Gasteiger charge is -2.38. The fraction of sp³-hybridized carbons (Fsp3) is 0.750. The average molecular weight is 301 g/mol. The molecule has 0 aliphatic heterocycles. The average Bonchev–Trinajstić information content (AvgIpc) is 2.38. The minimum absolute atomic E-state index is 0.447. The molecule has 0 radical (unpaired) electrons. The Morgan fingerprint density at radius 2 is 1.19 bits per heavy atom. The number of hydrogen-bond acceptors (Lipinski definition) is 3. The van der Waals surface area contributed by atoms with Gasteiger partial charge in [0.15, 0.2) is 0 Å². The van der Waals surface area contributed by atoms with Crippen molar-refractivity contribution in [1.29, 1.82) is 0 Å². The van der Waals surface area contributed by atoms with Crippen LogP contribution in [0.3, 0.4) is 0 Å². The molecular formula is C16H31NO4. The Hall–Kier alpha value is -1.36. The molecule has 21 heavy (non-hydrogen) atoms. The van der Waals surface area contributed by atoms with Crippen molar-refractivity contribution in [3.63, 3.8) is 0 Å². The van der Waals surface area contributed by atoms with Crippen LogP contribution in [-0.4, -0.2) is 47.7 Å². The van der Waals surface area contributed by atoms with Crippen LogP contribution in [0.2, 0.25) is 0 Å². The topological polar surface area (TPSA) is 77.4 Å². The third kappa shape index (κ3) is 13.4. The summed E-state index contributed by atoms with van der Waals surface area (Å²) in [7, 11) is 0. The van der Waals surface area contributed by atoms with Crippen LogP contribution in [0.4, 0.5) is 0 Å². The van der Waals surface area contributed by atoms with Crippen molar-refractivity contribution in [2.45, 2.75) is 53.4 Å². The smallest absolute Gasteiger partial charge is 0.328 e. The molecule has 0 aliphatic rings. The Labute approximate surface area is 128 Å². The van der Waals surface area contributed by atoms with Crippen LogP contribution in [0.1, 0.15) is 53.4 Å². The number of quaternary nitrogens is 1. The summed E-state index contributed by atoms with van der Waals surface area (Å²) in [5, 5.41) is 17.2. The third-order valence-electron chi connectivity index (χ3n) is 3.15. The van der Waals surface area contributed by atoms with Gasteiger partial charge < -0.3 is 19.5 Å². The lowest BCUT2D eigenvalue weighted by atomic mass is 10.2. The van der Waals surface area contributed by atoms with Crippen LogP contribution < -0.4 is 5.11 Å². The van der Waals surface area contributed by atoms with Gasteiger partial charge in [0.2, 0.25) is 0 Å². The predicted molar refractivity (Wildman–Crippen MR) is 82.7 cm³/mol. The van der Waals surface area contributed by atoms with Crippen molar-refractivity contribution in [2.75, 3.05) is 26.2 Å². The van der Waals surface area contributed by atoms with Gasteiger partial charge in [0.25, 0.3) is 0 Å². The summed E-state index contributed by atoms with van der Waals surface area (Å²) in [5.41, 5.74) is 0. The Kier molecular flexibility index (Phi) is 14.2. The van der Waals surface area contributed by atoms with Crippen molar-refractivity contribution in [2.24, 2.45) is 0 Å². The number of carboxylic acids is 2. The molecule has 0 fully saturated rings. The van der Waals surface area contributed by atoms with E-state index < -0.39 is 11.9 Å². The molecule has 0 aromatic heterocycles. The quantitative estimate of drug-likeness (QED) is 0.493. The van der Waals surface area contributed by atoms with Crippen molar-refractivity contribution in [3.05, 3.63) is 12.2 Å². The van der Waals surface area contributed by atoms with Gasteiger partial charge in [-0.05, 0) is 31.8 Å². The van der Waals surface area contributed by atoms with E-state index in [-0.39, 0.29) is 0 Å². The van der Waals surface area contributed by atoms with Crippen LogP contribution >= 0.6 is 0 Å². The van der Waals surface area contributed by atoms with Crippen LogP contribution in [0, 0.1) is 0 Å². The van der Waals surface area contributed by atoms with E-state index in [0.717, 1.165) is 0 Å². The first-order valence-electron chi connectivity index (χ1n) is 7.84. The summed E-state index contributed by atoms with van der Waals surface area (Å²) >= 11 is 0. The summed E-state index contributed by atoms with van der Waals surface area (Å²) in [6, 6.07) is 0. The molecule has 0 atom stereocenters. The maximum atomic E-state index is 9.53. The van der Waals surface area contributed by atoms with E-state index in [1.807, 2.05) is 0 Å². The van der Waals surface area contributed by atoms with E-state index in [1.54, 1.807) is 0 Å². The first-order chi connectivity index (χ1) is 9.87. The standard InChI is InChI=1S/C12H28N.C4H4O4/c1-5-9-13(10-6-2,11-7-3)12-8-4;5-3(6)1-2-4(7)8/h5-12H2,1-4H3;1-2H,(H,5,6)(H,7,8)/q+1;/p-1. The van der Waals surface area contributed by atoms with Crippen molar-refractivity contribution in [3.8, 4) is 0 Å². The Morgan fingerprint density at radius 3 is 1.33 bits per heavy atom. The highest BCUT2D eigenvalue weighted by atomic mass is 16.4. The Morgan fingerprint density at radius 1 is 0.857 bits per heavy atom. The molecule has 5 nitrogen and oxygen atoms in total. The zero-order chi connectivity index (χ0) is 16.7. The molecule has 5 heteroatoms. The molecule has 0 spiro atoms. The number of carboxylic acid groups (broad SMARTS) is 2. The molecule has 1 N–H and O–H groups in total. The van der Waals surface area contributed by atoms with E-state index >= 15 is 0 Å².